The zero-order valence-electron chi connectivity index (χ0n) is 13.5. The lowest BCUT2D eigenvalue weighted by atomic mass is 10.2. The molecule has 5 nitrogen and oxygen atoms in total. The molecule has 0 aliphatic heterocycles. The Balaban J connectivity index is 2.25. The highest BCUT2D eigenvalue weighted by atomic mass is 32.2. The Morgan fingerprint density at radius 2 is 1.83 bits per heavy atom. The van der Waals surface area contributed by atoms with Crippen LogP contribution in [0.5, 0.6) is 11.5 Å². The summed E-state index contributed by atoms with van der Waals surface area (Å²) in [4.78, 5) is 0.133. The van der Waals surface area contributed by atoms with E-state index < -0.39 is 10.0 Å². The molecule has 124 valence electrons. The Morgan fingerprint density at radius 3 is 2.52 bits per heavy atom. The Bertz CT molecular complexity index is 772. The molecule has 2 aromatic carbocycles. The lowest BCUT2D eigenvalue weighted by molar-refractivity contribution is 0.336. The Kier molecular flexibility index (Phi) is 5.63. The predicted octanol–water partition coefficient (Wildman–Crippen LogP) is 2.88. The fourth-order valence-corrected chi connectivity index (χ4v) is 3.45. The third-order valence-corrected chi connectivity index (χ3v) is 4.76. The van der Waals surface area contributed by atoms with Gasteiger partial charge in [0.25, 0.3) is 0 Å². The van der Waals surface area contributed by atoms with Gasteiger partial charge in [-0.05, 0) is 37.6 Å². The molecule has 0 fully saturated rings. The highest BCUT2D eigenvalue weighted by Crippen LogP contribution is 2.25. The van der Waals surface area contributed by atoms with Crippen molar-refractivity contribution in [2.24, 2.45) is 0 Å². The van der Waals surface area contributed by atoms with Gasteiger partial charge in [0, 0.05) is 12.1 Å². The molecule has 0 amide bonds. The van der Waals surface area contributed by atoms with Gasteiger partial charge in [-0.15, -0.1) is 0 Å². The van der Waals surface area contributed by atoms with Gasteiger partial charge in [0.05, 0.1) is 13.7 Å². The number of rotatable bonds is 7. The molecular formula is C17H21NO4S. The number of aryl methyl sites for hydroxylation is 1. The van der Waals surface area contributed by atoms with Crippen molar-refractivity contribution in [2.75, 3.05) is 13.7 Å². The molecule has 23 heavy (non-hydrogen) atoms. The summed E-state index contributed by atoms with van der Waals surface area (Å²) >= 11 is 0. The summed E-state index contributed by atoms with van der Waals surface area (Å²) in [6, 6.07) is 12.4. The van der Waals surface area contributed by atoms with Gasteiger partial charge in [0.15, 0.2) is 0 Å². The van der Waals surface area contributed by atoms with Crippen LogP contribution in [0.2, 0.25) is 0 Å². The molecule has 1 N–H and O–H groups in total. The molecule has 0 atom stereocenters. The van der Waals surface area contributed by atoms with E-state index in [0.29, 0.717) is 18.1 Å². The zero-order chi connectivity index (χ0) is 16.9. The van der Waals surface area contributed by atoms with Crippen LogP contribution < -0.4 is 14.2 Å². The van der Waals surface area contributed by atoms with Crippen molar-refractivity contribution in [1.82, 2.24) is 4.72 Å². The number of nitrogens with one attached hydrogen (secondary N) is 1. The highest BCUT2D eigenvalue weighted by molar-refractivity contribution is 7.89. The fraction of sp³-hybridized carbons (Fsp3) is 0.294. The third kappa shape index (κ3) is 4.24. The molecule has 0 aliphatic rings. The Hall–Kier alpha value is -2.05. The van der Waals surface area contributed by atoms with Gasteiger partial charge in [0.1, 0.15) is 16.4 Å². The van der Waals surface area contributed by atoms with Gasteiger partial charge in [-0.2, -0.15) is 0 Å². The molecule has 2 rings (SSSR count). The first-order valence-corrected chi connectivity index (χ1v) is 8.81. The van der Waals surface area contributed by atoms with Crippen LogP contribution in [-0.4, -0.2) is 22.1 Å². The van der Waals surface area contributed by atoms with Gasteiger partial charge in [-0.25, -0.2) is 13.1 Å². The van der Waals surface area contributed by atoms with Gasteiger partial charge >= 0.3 is 0 Å². The normalized spacial score (nSPS) is 11.3. The second-order valence-electron chi connectivity index (χ2n) is 5.02. The van der Waals surface area contributed by atoms with E-state index in [9.17, 15) is 8.42 Å². The van der Waals surface area contributed by atoms with Crippen LogP contribution in [0.1, 0.15) is 18.1 Å². The molecule has 0 heterocycles. The standard InChI is InChI=1S/C17H21NO4S/c1-4-22-15-8-6-5-7-14(15)12-18-23(19,20)17-11-13(2)9-10-16(17)21-3/h5-11,18H,4,12H2,1-3H3. The molecule has 0 saturated heterocycles. The first kappa shape index (κ1) is 17.3. The summed E-state index contributed by atoms with van der Waals surface area (Å²) in [7, 11) is -2.23. The van der Waals surface area contributed by atoms with Gasteiger partial charge in [-0.3, -0.25) is 0 Å². The average molecular weight is 335 g/mol. The Labute approximate surface area is 137 Å². The number of hydrogen-bond donors (Lipinski definition) is 1. The van der Waals surface area contributed by atoms with Crippen molar-refractivity contribution in [2.45, 2.75) is 25.3 Å². The SMILES string of the molecule is CCOc1ccccc1CNS(=O)(=O)c1cc(C)ccc1OC. The van der Waals surface area contributed by atoms with E-state index in [1.165, 1.54) is 7.11 Å². The molecule has 0 aliphatic carbocycles. The molecule has 6 heteroatoms. The van der Waals surface area contributed by atoms with E-state index in [1.54, 1.807) is 12.1 Å². The minimum Gasteiger partial charge on any atom is -0.495 e. The molecule has 0 unspecified atom stereocenters. The molecule has 0 bridgehead atoms. The van der Waals surface area contributed by atoms with Crippen molar-refractivity contribution in [3.8, 4) is 11.5 Å². The molecule has 2 aromatic rings. The summed E-state index contributed by atoms with van der Waals surface area (Å²) in [5.74, 6) is 0.995. The van der Waals surface area contributed by atoms with Gasteiger partial charge < -0.3 is 9.47 Å². The van der Waals surface area contributed by atoms with E-state index in [-0.39, 0.29) is 11.4 Å². The second-order valence-corrected chi connectivity index (χ2v) is 6.75. The van der Waals surface area contributed by atoms with Crippen LogP contribution in [0.15, 0.2) is 47.4 Å². The largest absolute Gasteiger partial charge is 0.495 e. The van der Waals surface area contributed by atoms with Gasteiger partial charge in [0.2, 0.25) is 10.0 Å². The third-order valence-electron chi connectivity index (χ3n) is 3.33. The van der Waals surface area contributed by atoms with Crippen LogP contribution in [0.4, 0.5) is 0 Å². The number of benzene rings is 2. The maximum atomic E-state index is 12.6. The number of methoxy groups -OCH3 is 1. The summed E-state index contributed by atoms with van der Waals surface area (Å²) in [5.41, 5.74) is 1.63. The number of sulfonamides is 1. The molecule has 0 saturated carbocycles. The minimum atomic E-state index is -3.69. The quantitative estimate of drug-likeness (QED) is 0.845. The first-order valence-electron chi connectivity index (χ1n) is 7.33. The zero-order valence-corrected chi connectivity index (χ0v) is 14.3. The summed E-state index contributed by atoms with van der Waals surface area (Å²) in [5, 5.41) is 0. The maximum Gasteiger partial charge on any atom is 0.244 e. The fourth-order valence-electron chi connectivity index (χ4n) is 2.19. The molecule has 0 radical (unpaired) electrons. The van der Waals surface area contributed by atoms with E-state index in [1.807, 2.05) is 44.2 Å². The topological polar surface area (TPSA) is 64.6 Å². The van der Waals surface area contributed by atoms with Gasteiger partial charge in [-0.1, -0.05) is 24.3 Å². The van der Waals surface area contributed by atoms with E-state index in [2.05, 4.69) is 4.72 Å². The van der Waals surface area contributed by atoms with Crippen molar-refractivity contribution in [3.63, 3.8) is 0 Å². The molecule has 0 aromatic heterocycles. The van der Waals surface area contributed by atoms with E-state index in [0.717, 1.165) is 11.1 Å². The van der Waals surface area contributed by atoms with E-state index >= 15 is 0 Å². The summed E-state index contributed by atoms with van der Waals surface area (Å²) in [6.45, 7) is 4.40. The first-order chi connectivity index (χ1) is 11.0. The lowest BCUT2D eigenvalue weighted by Gasteiger charge is -2.13. The molecule has 0 spiro atoms. The highest BCUT2D eigenvalue weighted by Gasteiger charge is 2.20. The van der Waals surface area contributed by atoms with Crippen LogP contribution in [0.3, 0.4) is 0 Å². The molecular weight excluding hydrogens is 314 g/mol. The van der Waals surface area contributed by atoms with Crippen molar-refractivity contribution in [1.29, 1.82) is 0 Å². The smallest absolute Gasteiger partial charge is 0.244 e. The van der Waals surface area contributed by atoms with Crippen LogP contribution in [0.25, 0.3) is 0 Å². The van der Waals surface area contributed by atoms with Crippen LogP contribution >= 0.6 is 0 Å². The summed E-state index contributed by atoms with van der Waals surface area (Å²) < 4.78 is 38.4. The van der Waals surface area contributed by atoms with Crippen LogP contribution in [-0.2, 0) is 16.6 Å². The number of hydrogen-bond acceptors (Lipinski definition) is 4. The lowest BCUT2D eigenvalue weighted by Crippen LogP contribution is -2.24. The number of para-hydroxylation sites is 1. The maximum absolute atomic E-state index is 12.6. The van der Waals surface area contributed by atoms with E-state index in [4.69, 9.17) is 9.47 Å². The van der Waals surface area contributed by atoms with Crippen molar-refractivity contribution >= 4 is 10.0 Å². The minimum absolute atomic E-state index is 0.133. The Morgan fingerprint density at radius 1 is 1.09 bits per heavy atom. The average Bonchev–Trinajstić information content (AvgIpc) is 2.54. The van der Waals surface area contributed by atoms with Crippen molar-refractivity contribution in [3.05, 3.63) is 53.6 Å². The monoisotopic (exact) mass is 335 g/mol. The summed E-state index contributed by atoms with van der Waals surface area (Å²) in [6.07, 6.45) is 0. The number of ether oxygens (including phenoxy) is 2. The predicted molar refractivity (Wildman–Crippen MR) is 89.4 cm³/mol. The van der Waals surface area contributed by atoms with Crippen LogP contribution in [0, 0.1) is 6.92 Å². The second kappa shape index (κ2) is 7.48. The van der Waals surface area contributed by atoms with Crippen molar-refractivity contribution < 1.29 is 17.9 Å².